The standard InChI is InChI=1S/C59H39N3/c1-4-14-40(15-5-1)42-24-28-44(29-25-42)54-38-49(39-55(60-54)45-30-26-43(27-31-45)41-16-6-2-7-17-41)62-56-22-12-10-20-50(56)52-34-32-47(37-59(52)62)46-33-35-58-53(36-46)51-21-11-13-23-57(51)61(58)48-18-8-3-9-19-48/h1-39H. The number of para-hydroxylation sites is 3. The highest BCUT2D eigenvalue weighted by Crippen LogP contribution is 2.39. The summed E-state index contributed by atoms with van der Waals surface area (Å²) in [6.07, 6.45) is 0. The zero-order chi connectivity index (χ0) is 41.0. The fourth-order valence-corrected chi connectivity index (χ4v) is 9.31. The van der Waals surface area contributed by atoms with E-state index in [0.29, 0.717) is 0 Å². The van der Waals surface area contributed by atoms with Gasteiger partial charge in [0.2, 0.25) is 0 Å². The molecule has 0 fully saturated rings. The van der Waals surface area contributed by atoms with Crippen molar-refractivity contribution >= 4 is 43.6 Å². The Morgan fingerprint density at radius 2 is 0.613 bits per heavy atom. The van der Waals surface area contributed by atoms with Crippen LogP contribution in [-0.2, 0) is 0 Å². The van der Waals surface area contributed by atoms with Gasteiger partial charge in [0.15, 0.2) is 0 Å². The van der Waals surface area contributed by atoms with Crippen LogP contribution in [0, 0.1) is 0 Å². The van der Waals surface area contributed by atoms with Crippen LogP contribution >= 0.6 is 0 Å². The van der Waals surface area contributed by atoms with E-state index in [1.165, 1.54) is 66.0 Å². The minimum absolute atomic E-state index is 0.923. The molecule has 0 radical (unpaired) electrons. The lowest BCUT2D eigenvalue weighted by atomic mass is 10.0. The molecule has 62 heavy (non-hydrogen) atoms. The third kappa shape index (κ3) is 6.10. The average molecular weight is 790 g/mol. The first kappa shape index (κ1) is 35.7. The molecule has 0 saturated heterocycles. The van der Waals surface area contributed by atoms with E-state index >= 15 is 0 Å². The first-order valence-electron chi connectivity index (χ1n) is 21.2. The zero-order valence-electron chi connectivity index (χ0n) is 33.9. The van der Waals surface area contributed by atoms with Crippen LogP contribution in [0.4, 0.5) is 0 Å². The Kier molecular flexibility index (Phi) is 8.50. The summed E-state index contributed by atoms with van der Waals surface area (Å²) in [6.45, 7) is 0. The Hall–Kier alpha value is -8.27. The summed E-state index contributed by atoms with van der Waals surface area (Å²) in [5.41, 5.74) is 18.0. The molecule has 9 aromatic carbocycles. The fraction of sp³-hybridized carbons (Fsp3) is 0. The maximum atomic E-state index is 5.38. The number of hydrogen-bond donors (Lipinski definition) is 0. The van der Waals surface area contributed by atoms with Crippen molar-refractivity contribution in [1.29, 1.82) is 0 Å². The van der Waals surface area contributed by atoms with Gasteiger partial charge in [-0.3, -0.25) is 0 Å². The molecule has 0 unspecified atom stereocenters. The van der Waals surface area contributed by atoms with Crippen LogP contribution in [0.5, 0.6) is 0 Å². The van der Waals surface area contributed by atoms with Gasteiger partial charge in [-0.25, -0.2) is 4.98 Å². The molecule has 0 atom stereocenters. The Balaban J connectivity index is 1.04. The molecule has 3 aromatic heterocycles. The van der Waals surface area contributed by atoms with E-state index in [9.17, 15) is 0 Å². The van der Waals surface area contributed by atoms with E-state index in [1.54, 1.807) is 0 Å². The van der Waals surface area contributed by atoms with E-state index in [-0.39, 0.29) is 0 Å². The fourth-order valence-electron chi connectivity index (χ4n) is 9.31. The van der Waals surface area contributed by atoms with Crippen molar-refractivity contribution in [1.82, 2.24) is 14.1 Å². The lowest BCUT2D eigenvalue weighted by molar-refractivity contribution is 1.16. The largest absolute Gasteiger partial charge is 0.309 e. The Labute approximate surface area is 360 Å². The van der Waals surface area contributed by atoms with E-state index in [4.69, 9.17) is 4.98 Å². The minimum atomic E-state index is 0.923. The summed E-state index contributed by atoms with van der Waals surface area (Å²) in [7, 11) is 0. The molecule has 3 nitrogen and oxygen atoms in total. The molecule has 0 bridgehead atoms. The molecule has 12 rings (SSSR count). The van der Waals surface area contributed by atoms with Crippen LogP contribution in [0.1, 0.15) is 0 Å². The molecule has 0 amide bonds. The van der Waals surface area contributed by atoms with Crippen molar-refractivity contribution in [2.45, 2.75) is 0 Å². The summed E-state index contributed by atoms with van der Waals surface area (Å²) in [6, 6.07) is 85.2. The van der Waals surface area contributed by atoms with Crippen LogP contribution in [0.2, 0.25) is 0 Å². The number of rotatable bonds is 7. The summed E-state index contributed by atoms with van der Waals surface area (Å²) >= 11 is 0. The molecule has 0 N–H and O–H groups in total. The number of hydrogen-bond acceptors (Lipinski definition) is 1. The highest BCUT2D eigenvalue weighted by atomic mass is 15.0. The molecule has 0 aliphatic rings. The smallest absolute Gasteiger partial charge is 0.0730 e. The quantitative estimate of drug-likeness (QED) is 0.158. The first-order valence-corrected chi connectivity index (χ1v) is 21.2. The van der Waals surface area contributed by atoms with Gasteiger partial charge in [0, 0.05) is 38.4 Å². The van der Waals surface area contributed by atoms with Crippen LogP contribution in [0.3, 0.4) is 0 Å². The predicted molar refractivity (Wildman–Crippen MR) is 260 cm³/mol. The second kappa shape index (κ2) is 14.8. The molecule has 0 saturated carbocycles. The molecule has 12 aromatic rings. The maximum absolute atomic E-state index is 5.38. The summed E-state index contributed by atoms with van der Waals surface area (Å²) in [5, 5.41) is 4.91. The second-order valence-corrected chi connectivity index (χ2v) is 16.0. The van der Waals surface area contributed by atoms with Crippen LogP contribution in [0.25, 0.3) is 111 Å². The SMILES string of the molecule is c1ccc(-c2ccc(-c3cc(-n4c5ccccc5c5ccc(-c6ccc7c(c6)c6ccccc6n7-c6ccccc6)cc54)cc(-c4ccc(-c5ccccc5)cc4)n3)cc2)cc1. The van der Waals surface area contributed by atoms with Crippen LogP contribution in [-0.4, -0.2) is 14.1 Å². The van der Waals surface area contributed by atoms with E-state index in [0.717, 1.165) is 44.9 Å². The Bertz CT molecular complexity index is 3480. The van der Waals surface area contributed by atoms with Gasteiger partial charge >= 0.3 is 0 Å². The van der Waals surface area contributed by atoms with Gasteiger partial charge in [0.05, 0.1) is 39.1 Å². The average Bonchev–Trinajstić information content (AvgIpc) is 3.87. The van der Waals surface area contributed by atoms with E-state index in [1.807, 2.05) is 0 Å². The second-order valence-electron chi connectivity index (χ2n) is 16.0. The lowest BCUT2D eigenvalue weighted by Gasteiger charge is -2.14. The molecule has 0 spiro atoms. The number of pyridine rings is 1. The molecule has 290 valence electrons. The predicted octanol–water partition coefficient (Wildman–Crippen LogP) is 15.6. The van der Waals surface area contributed by atoms with E-state index in [2.05, 4.69) is 246 Å². The van der Waals surface area contributed by atoms with Crippen molar-refractivity contribution in [3.8, 4) is 67.3 Å². The molecule has 3 heterocycles. The first-order chi connectivity index (χ1) is 30.7. The molecule has 3 heteroatoms. The van der Waals surface area contributed by atoms with Crippen molar-refractivity contribution in [2.75, 3.05) is 0 Å². The Morgan fingerprint density at radius 3 is 1.19 bits per heavy atom. The summed E-state index contributed by atoms with van der Waals surface area (Å²) in [5.74, 6) is 0. The van der Waals surface area contributed by atoms with Crippen molar-refractivity contribution in [3.63, 3.8) is 0 Å². The monoisotopic (exact) mass is 789 g/mol. The molecular formula is C59H39N3. The van der Waals surface area contributed by atoms with Gasteiger partial charge < -0.3 is 9.13 Å². The topological polar surface area (TPSA) is 22.8 Å². The van der Waals surface area contributed by atoms with Gasteiger partial charge in [0.25, 0.3) is 0 Å². The summed E-state index contributed by atoms with van der Waals surface area (Å²) < 4.78 is 4.80. The van der Waals surface area contributed by atoms with Gasteiger partial charge in [-0.2, -0.15) is 0 Å². The van der Waals surface area contributed by atoms with Crippen molar-refractivity contribution in [3.05, 3.63) is 237 Å². The minimum Gasteiger partial charge on any atom is -0.309 e. The van der Waals surface area contributed by atoms with Gasteiger partial charge in [0.1, 0.15) is 0 Å². The number of aromatic nitrogens is 3. The third-order valence-electron chi connectivity index (χ3n) is 12.3. The maximum Gasteiger partial charge on any atom is 0.0730 e. The Morgan fingerprint density at radius 1 is 0.226 bits per heavy atom. The van der Waals surface area contributed by atoms with Crippen LogP contribution < -0.4 is 0 Å². The molecular weight excluding hydrogens is 751 g/mol. The van der Waals surface area contributed by atoms with Gasteiger partial charge in [-0.05, 0) is 88.0 Å². The molecule has 0 aliphatic heterocycles. The highest BCUT2D eigenvalue weighted by Gasteiger charge is 2.18. The number of fused-ring (bicyclic) bond motifs is 6. The van der Waals surface area contributed by atoms with Gasteiger partial charge in [-0.1, -0.05) is 182 Å². The molecule has 0 aliphatic carbocycles. The highest BCUT2D eigenvalue weighted by molar-refractivity contribution is 6.12. The number of nitrogens with zero attached hydrogens (tertiary/aromatic N) is 3. The number of benzene rings is 9. The van der Waals surface area contributed by atoms with Crippen molar-refractivity contribution < 1.29 is 0 Å². The third-order valence-corrected chi connectivity index (χ3v) is 12.3. The summed E-state index contributed by atoms with van der Waals surface area (Å²) in [4.78, 5) is 5.38. The van der Waals surface area contributed by atoms with Crippen molar-refractivity contribution in [2.24, 2.45) is 0 Å². The zero-order valence-corrected chi connectivity index (χ0v) is 33.9. The van der Waals surface area contributed by atoms with Gasteiger partial charge in [-0.15, -0.1) is 0 Å². The van der Waals surface area contributed by atoms with Crippen LogP contribution in [0.15, 0.2) is 237 Å². The lowest BCUT2D eigenvalue weighted by Crippen LogP contribution is -1.98. The van der Waals surface area contributed by atoms with E-state index < -0.39 is 0 Å². The normalized spacial score (nSPS) is 11.5.